The second-order valence-electron chi connectivity index (χ2n) is 6.84. The third-order valence-electron chi connectivity index (χ3n) is 5.05. The Balaban J connectivity index is 1.46. The largest absolute Gasteiger partial charge is 0.466 e. The second-order valence-corrected chi connectivity index (χ2v) is 6.84. The molecule has 2 heterocycles. The van der Waals surface area contributed by atoms with Crippen LogP contribution in [0.25, 0.3) is 0 Å². The molecular weight excluding hydrogens is 349 g/mol. The lowest BCUT2D eigenvalue weighted by Crippen LogP contribution is -2.62. The van der Waals surface area contributed by atoms with Crippen LogP contribution in [-0.4, -0.2) is 48.5 Å². The summed E-state index contributed by atoms with van der Waals surface area (Å²) in [6.07, 6.45) is 0. The molecule has 0 bridgehead atoms. The number of benzene rings is 2. The molecule has 1 saturated heterocycles. The van der Waals surface area contributed by atoms with Crippen molar-refractivity contribution in [1.82, 2.24) is 4.90 Å². The van der Waals surface area contributed by atoms with Crippen molar-refractivity contribution in [3.05, 3.63) is 54.3 Å². The number of nitrogens with one attached hydrogen (secondary N) is 1. The van der Waals surface area contributed by atoms with Crippen molar-refractivity contribution in [2.24, 2.45) is 0 Å². The van der Waals surface area contributed by atoms with Gasteiger partial charge < -0.3 is 19.9 Å². The van der Waals surface area contributed by atoms with Gasteiger partial charge in [0, 0.05) is 31.9 Å². The quantitative estimate of drug-likeness (QED) is 0.825. The standard InChI is InChI=1S/C20H20FN3O3/c1-20(18(25)22-16-4-2-3-5-17(16)27-20)19(26)24-12-10-23(11-13-24)15-8-6-14(21)7-9-15/h2-9H,10-13H2,1H3,(H,22,25). The predicted octanol–water partition coefficient (Wildman–Crippen LogP) is 2.26. The lowest BCUT2D eigenvalue weighted by atomic mass is 10.00. The summed E-state index contributed by atoms with van der Waals surface area (Å²) in [6, 6.07) is 13.3. The van der Waals surface area contributed by atoms with E-state index in [1.165, 1.54) is 19.1 Å². The van der Waals surface area contributed by atoms with Gasteiger partial charge in [0.15, 0.2) is 0 Å². The second kappa shape index (κ2) is 6.57. The smallest absolute Gasteiger partial charge is 0.278 e. The summed E-state index contributed by atoms with van der Waals surface area (Å²) in [5.41, 5.74) is -0.115. The fourth-order valence-corrected chi connectivity index (χ4v) is 3.43. The van der Waals surface area contributed by atoms with E-state index in [2.05, 4.69) is 10.2 Å². The molecule has 0 spiro atoms. The molecule has 1 unspecified atom stereocenters. The number of carbonyl (C=O) groups excluding carboxylic acids is 2. The molecule has 6 nitrogen and oxygen atoms in total. The van der Waals surface area contributed by atoms with E-state index in [1.54, 1.807) is 41.3 Å². The molecule has 2 aromatic rings. The summed E-state index contributed by atoms with van der Waals surface area (Å²) >= 11 is 0. The van der Waals surface area contributed by atoms with Crippen LogP contribution in [0.4, 0.5) is 15.8 Å². The average molecular weight is 369 g/mol. The number of hydrogen-bond acceptors (Lipinski definition) is 4. The molecule has 2 aliphatic heterocycles. The average Bonchev–Trinajstić information content (AvgIpc) is 2.69. The van der Waals surface area contributed by atoms with Gasteiger partial charge in [-0.05, 0) is 43.3 Å². The van der Waals surface area contributed by atoms with Crippen molar-refractivity contribution in [2.45, 2.75) is 12.5 Å². The molecule has 1 N–H and O–H groups in total. The SMILES string of the molecule is CC1(C(=O)N2CCN(c3ccc(F)cc3)CC2)Oc2ccccc2NC1=O. The molecule has 7 heteroatoms. The molecule has 4 rings (SSSR count). The number of hydrogen-bond donors (Lipinski definition) is 1. The summed E-state index contributed by atoms with van der Waals surface area (Å²) < 4.78 is 18.9. The van der Waals surface area contributed by atoms with Crippen molar-refractivity contribution in [1.29, 1.82) is 0 Å². The molecule has 1 atom stereocenters. The summed E-state index contributed by atoms with van der Waals surface area (Å²) in [4.78, 5) is 29.3. The number of anilines is 2. The Kier molecular flexibility index (Phi) is 4.22. The van der Waals surface area contributed by atoms with Crippen LogP contribution in [0.5, 0.6) is 5.75 Å². The number of amides is 2. The monoisotopic (exact) mass is 369 g/mol. The molecule has 27 heavy (non-hydrogen) atoms. The first-order chi connectivity index (χ1) is 13.0. The summed E-state index contributed by atoms with van der Waals surface area (Å²) in [6.45, 7) is 3.64. The fourth-order valence-electron chi connectivity index (χ4n) is 3.43. The fraction of sp³-hybridized carbons (Fsp3) is 0.300. The highest BCUT2D eigenvalue weighted by atomic mass is 19.1. The zero-order chi connectivity index (χ0) is 19.0. The van der Waals surface area contributed by atoms with Crippen LogP contribution < -0.4 is 15.0 Å². The number of halogens is 1. The van der Waals surface area contributed by atoms with E-state index in [1.807, 2.05) is 0 Å². The molecule has 0 radical (unpaired) electrons. The van der Waals surface area contributed by atoms with Crippen LogP contribution in [-0.2, 0) is 9.59 Å². The van der Waals surface area contributed by atoms with Crippen LogP contribution in [0.3, 0.4) is 0 Å². The minimum absolute atomic E-state index is 0.277. The van der Waals surface area contributed by atoms with Gasteiger partial charge in [-0.25, -0.2) is 4.39 Å². The van der Waals surface area contributed by atoms with Gasteiger partial charge in [0.25, 0.3) is 17.4 Å². The van der Waals surface area contributed by atoms with Gasteiger partial charge >= 0.3 is 0 Å². The molecule has 1 fully saturated rings. The number of nitrogens with zero attached hydrogens (tertiary/aromatic N) is 2. The van der Waals surface area contributed by atoms with Crippen LogP contribution in [0.15, 0.2) is 48.5 Å². The van der Waals surface area contributed by atoms with Crippen molar-refractivity contribution in [2.75, 3.05) is 36.4 Å². The number of ether oxygens (including phenoxy) is 1. The molecule has 2 amide bonds. The highest BCUT2D eigenvalue weighted by Crippen LogP contribution is 2.34. The Labute approximate surface area is 156 Å². The highest BCUT2D eigenvalue weighted by Gasteiger charge is 2.49. The van der Waals surface area contributed by atoms with Gasteiger partial charge in [-0.3, -0.25) is 9.59 Å². The summed E-state index contributed by atoms with van der Waals surface area (Å²) in [7, 11) is 0. The van der Waals surface area contributed by atoms with Gasteiger partial charge in [-0.1, -0.05) is 12.1 Å². The van der Waals surface area contributed by atoms with E-state index < -0.39 is 11.5 Å². The van der Waals surface area contributed by atoms with Crippen molar-refractivity contribution >= 4 is 23.2 Å². The molecule has 140 valence electrons. The first-order valence-corrected chi connectivity index (χ1v) is 8.87. The lowest BCUT2D eigenvalue weighted by Gasteiger charge is -2.41. The maximum absolute atomic E-state index is 13.1. The topological polar surface area (TPSA) is 61.9 Å². The van der Waals surface area contributed by atoms with Crippen molar-refractivity contribution < 1.29 is 18.7 Å². The number of rotatable bonds is 2. The van der Waals surface area contributed by atoms with Gasteiger partial charge in [-0.15, -0.1) is 0 Å². The normalized spacial score (nSPS) is 21.9. The van der Waals surface area contributed by atoms with Crippen LogP contribution >= 0.6 is 0 Å². The van der Waals surface area contributed by atoms with Crippen LogP contribution in [0.2, 0.25) is 0 Å². The maximum atomic E-state index is 13.1. The predicted molar refractivity (Wildman–Crippen MR) is 99.3 cm³/mol. The van der Waals surface area contributed by atoms with Gasteiger partial charge in [0.2, 0.25) is 0 Å². The molecular formula is C20H20FN3O3. The minimum Gasteiger partial charge on any atom is -0.466 e. The van der Waals surface area contributed by atoms with Gasteiger partial charge in [0.1, 0.15) is 11.6 Å². The third-order valence-corrected chi connectivity index (χ3v) is 5.05. The zero-order valence-electron chi connectivity index (χ0n) is 14.9. The first kappa shape index (κ1) is 17.3. The molecule has 0 aromatic heterocycles. The van der Waals surface area contributed by atoms with Gasteiger partial charge in [0.05, 0.1) is 5.69 Å². The molecule has 0 saturated carbocycles. The Hall–Kier alpha value is -3.09. The van der Waals surface area contributed by atoms with E-state index in [4.69, 9.17) is 4.74 Å². The Morgan fingerprint density at radius 3 is 2.44 bits per heavy atom. The molecule has 2 aliphatic rings. The van der Waals surface area contributed by atoms with Crippen molar-refractivity contribution in [3.8, 4) is 5.75 Å². The third kappa shape index (κ3) is 3.09. The molecule has 0 aliphatic carbocycles. The number of fused-ring (bicyclic) bond motifs is 1. The lowest BCUT2D eigenvalue weighted by molar-refractivity contribution is -0.154. The first-order valence-electron chi connectivity index (χ1n) is 8.87. The van der Waals surface area contributed by atoms with E-state index in [-0.39, 0.29) is 11.7 Å². The molecule has 2 aromatic carbocycles. The van der Waals surface area contributed by atoms with E-state index in [9.17, 15) is 14.0 Å². The van der Waals surface area contributed by atoms with Gasteiger partial charge in [-0.2, -0.15) is 0 Å². The number of piperazine rings is 1. The number of para-hydroxylation sites is 2. The maximum Gasteiger partial charge on any atom is 0.278 e. The summed E-state index contributed by atoms with van der Waals surface area (Å²) in [5.74, 6) is -0.612. The highest BCUT2D eigenvalue weighted by molar-refractivity contribution is 6.15. The Bertz CT molecular complexity index is 878. The van der Waals surface area contributed by atoms with E-state index >= 15 is 0 Å². The van der Waals surface area contributed by atoms with Crippen molar-refractivity contribution in [3.63, 3.8) is 0 Å². The van der Waals surface area contributed by atoms with Crippen LogP contribution in [0.1, 0.15) is 6.92 Å². The van der Waals surface area contributed by atoms with E-state index in [0.29, 0.717) is 37.6 Å². The van der Waals surface area contributed by atoms with E-state index in [0.717, 1.165) is 5.69 Å². The van der Waals surface area contributed by atoms with Crippen LogP contribution in [0, 0.1) is 5.82 Å². The Morgan fingerprint density at radius 2 is 1.74 bits per heavy atom. The summed E-state index contributed by atoms with van der Waals surface area (Å²) in [5, 5.41) is 2.75. The minimum atomic E-state index is -1.59. The Morgan fingerprint density at radius 1 is 1.07 bits per heavy atom. The zero-order valence-corrected chi connectivity index (χ0v) is 14.9. The number of carbonyl (C=O) groups is 2.